The van der Waals surface area contributed by atoms with Crippen LogP contribution in [0.4, 0.5) is 0 Å². The number of nitrogens with zero attached hydrogens (tertiary/aromatic N) is 1. The lowest BCUT2D eigenvalue weighted by atomic mass is 10.6. The molecule has 0 atom stereocenters. The van der Waals surface area contributed by atoms with Gasteiger partial charge in [0.2, 0.25) is 0 Å². The zero-order valence-corrected chi connectivity index (χ0v) is 6.40. The Bertz CT molecular complexity index is 98.6. The van der Waals surface area contributed by atoms with Gasteiger partial charge in [-0.25, -0.2) is 0 Å². The Kier molecular flexibility index (Phi) is 4.90. The standard InChI is InChI=1S/C5H9BrN2/c1-7-3-5(6)4-8-2/h3,8H,1,4H2,2H3/b5-3+. The molecule has 2 nitrogen and oxygen atoms in total. The van der Waals surface area contributed by atoms with Crippen LogP contribution < -0.4 is 5.32 Å². The minimum atomic E-state index is 0.805. The summed E-state index contributed by atoms with van der Waals surface area (Å²) in [6.45, 7) is 4.10. The topological polar surface area (TPSA) is 24.4 Å². The highest BCUT2D eigenvalue weighted by atomic mass is 79.9. The molecule has 0 amide bonds. The van der Waals surface area contributed by atoms with Gasteiger partial charge in [0, 0.05) is 17.2 Å². The van der Waals surface area contributed by atoms with Gasteiger partial charge in [0.1, 0.15) is 0 Å². The second-order valence-corrected chi connectivity index (χ2v) is 2.31. The van der Waals surface area contributed by atoms with E-state index in [1.54, 1.807) is 6.20 Å². The van der Waals surface area contributed by atoms with E-state index in [1.807, 2.05) is 7.05 Å². The highest BCUT2D eigenvalue weighted by Gasteiger charge is 1.83. The molecule has 0 aliphatic heterocycles. The molecule has 0 unspecified atom stereocenters. The van der Waals surface area contributed by atoms with Crippen molar-refractivity contribution in [3.05, 3.63) is 10.7 Å². The zero-order valence-electron chi connectivity index (χ0n) is 4.82. The first kappa shape index (κ1) is 7.85. The van der Waals surface area contributed by atoms with E-state index in [4.69, 9.17) is 0 Å². The zero-order chi connectivity index (χ0) is 6.41. The van der Waals surface area contributed by atoms with Crippen molar-refractivity contribution in [1.82, 2.24) is 5.32 Å². The highest BCUT2D eigenvalue weighted by molar-refractivity contribution is 9.11. The quantitative estimate of drug-likeness (QED) is 0.642. The molecule has 0 rings (SSSR count). The van der Waals surface area contributed by atoms with Crippen molar-refractivity contribution in [3.8, 4) is 0 Å². The van der Waals surface area contributed by atoms with Crippen LogP contribution in [0.15, 0.2) is 15.7 Å². The lowest BCUT2D eigenvalue weighted by molar-refractivity contribution is 0.911. The van der Waals surface area contributed by atoms with Crippen LogP contribution in [0.25, 0.3) is 0 Å². The number of likely N-dealkylation sites (N-methyl/N-ethyl adjacent to an activating group) is 1. The Balaban J connectivity index is 3.44. The summed E-state index contributed by atoms with van der Waals surface area (Å²) in [5.74, 6) is 0. The van der Waals surface area contributed by atoms with Crippen molar-refractivity contribution < 1.29 is 0 Å². The van der Waals surface area contributed by atoms with E-state index in [1.165, 1.54) is 0 Å². The lowest BCUT2D eigenvalue weighted by Gasteiger charge is -1.91. The molecule has 46 valence electrons. The molecule has 0 aliphatic carbocycles. The third-order valence-electron chi connectivity index (χ3n) is 0.577. The maximum Gasteiger partial charge on any atom is 0.0375 e. The van der Waals surface area contributed by atoms with Gasteiger partial charge in [-0.1, -0.05) is 15.9 Å². The van der Waals surface area contributed by atoms with Crippen LogP contribution in [-0.2, 0) is 0 Å². The predicted molar refractivity (Wildman–Crippen MR) is 40.5 cm³/mol. The molecule has 0 fully saturated rings. The Morgan fingerprint density at radius 1 is 2.00 bits per heavy atom. The fourth-order valence-corrected chi connectivity index (χ4v) is 0.739. The molecule has 0 aromatic carbocycles. The van der Waals surface area contributed by atoms with Gasteiger partial charge in [0.15, 0.2) is 0 Å². The number of nitrogens with one attached hydrogen (secondary N) is 1. The summed E-state index contributed by atoms with van der Waals surface area (Å²) in [7, 11) is 1.87. The van der Waals surface area contributed by atoms with Gasteiger partial charge in [0.05, 0.1) is 0 Å². The van der Waals surface area contributed by atoms with Crippen LogP contribution in [0.3, 0.4) is 0 Å². The molecule has 0 radical (unpaired) electrons. The van der Waals surface area contributed by atoms with E-state index in [2.05, 4.69) is 33.0 Å². The number of aliphatic imine (C=N–C) groups is 1. The predicted octanol–water partition coefficient (Wildman–Crippen LogP) is 1.14. The van der Waals surface area contributed by atoms with E-state index in [-0.39, 0.29) is 0 Å². The van der Waals surface area contributed by atoms with Gasteiger partial charge in [-0.3, -0.25) is 4.99 Å². The van der Waals surface area contributed by atoms with Crippen LogP contribution in [0, 0.1) is 0 Å². The van der Waals surface area contributed by atoms with Crippen LogP contribution >= 0.6 is 15.9 Å². The molecular formula is C5H9BrN2. The molecule has 3 heteroatoms. The molecule has 0 heterocycles. The summed E-state index contributed by atoms with van der Waals surface area (Å²) in [5.41, 5.74) is 0. The highest BCUT2D eigenvalue weighted by Crippen LogP contribution is 2.00. The number of rotatable bonds is 3. The molecule has 0 aliphatic rings. The van der Waals surface area contributed by atoms with Crippen LogP contribution in [0.5, 0.6) is 0 Å². The average molecular weight is 177 g/mol. The molecule has 0 aromatic rings. The summed E-state index contributed by atoms with van der Waals surface area (Å²) in [6, 6.07) is 0. The van der Waals surface area contributed by atoms with E-state index in [0.717, 1.165) is 11.0 Å². The van der Waals surface area contributed by atoms with Gasteiger partial charge in [0.25, 0.3) is 0 Å². The Labute approximate surface area is 57.8 Å². The van der Waals surface area contributed by atoms with E-state index in [9.17, 15) is 0 Å². The van der Waals surface area contributed by atoms with Crippen LogP contribution in [0.1, 0.15) is 0 Å². The SMILES string of the molecule is C=N/C=C(/Br)CNC. The summed E-state index contributed by atoms with van der Waals surface area (Å²) in [6.07, 6.45) is 1.66. The molecular weight excluding hydrogens is 168 g/mol. The van der Waals surface area contributed by atoms with Crippen molar-refractivity contribution in [3.63, 3.8) is 0 Å². The van der Waals surface area contributed by atoms with Crippen molar-refractivity contribution in [2.45, 2.75) is 0 Å². The van der Waals surface area contributed by atoms with E-state index in [0.29, 0.717) is 0 Å². The number of halogens is 1. The smallest absolute Gasteiger partial charge is 0.0375 e. The number of hydrogen-bond donors (Lipinski definition) is 1. The van der Waals surface area contributed by atoms with Crippen LogP contribution in [-0.4, -0.2) is 20.3 Å². The van der Waals surface area contributed by atoms with Crippen LogP contribution in [0.2, 0.25) is 0 Å². The van der Waals surface area contributed by atoms with Crippen molar-refractivity contribution >= 4 is 22.6 Å². The fraction of sp³-hybridized carbons (Fsp3) is 0.400. The molecule has 0 saturated carbocycles. The second-order valence-electron chi connectivity index (χ2n) is 1.29. The Morgan fingerprint density at radius 3 is 3.00 bits per heavy atom. The maximum atomic E-state index is 3.56. The van der Waals surface area contributed by atoms with Gasteiger partial charge < -0.3 is 5.32 Å². The van der Waals surface area contributed by atoms with Gasteiger partial charge in [-0.2, -0.15) is 0 Å². The molecule has 1 N–H and O–H groups in total. The van der Waals surface area contributed by atoms with Gasteiger partial charge in [-0.15, -0.1) is 0 Å². The largest absolute Gasteiger partial charge is 0.315 e. The van der Waals surface area contributed by atoms with E-state index >= 15 is 0 Å². The third kappa shape index (κ3) is 4.02. The van der Waals surface area contributed by atoms with Crippen molar-refractivity contribution in [2.75, 3.05) is 13.6 Å². The molecule has 8 heavy (non-hydrogen) atoms. The Hall–Kier alpha value is -0.150. The summed E-state index contributed by atoms with van der Waals surface area (Å²) in [4.78, 5) is 3.56. The first-order chi connectivity index (χ1) is 3.81. The van der Waals surface area contributed by atoms with E-state index < -0.39 is 0 Å². The monoisotopic (exact) mass is 176 g/mol. The summed E-state index contributed by atoms with van der Waals surface area (Å²) >= 11 is 3.26. The summed E-state index contributed by atoms with van der Waals surface area (Å²) in [5, 5.41) is 2.95. The number of hydrogen-bond acceptors (Lipinski definition) is 2. The lowest BCUT2D eigenvalue weighted by Crippen LogP contribution is -2.06. The minimum Gasteiger partial charge on any atom is -0.315 e. The summed E-state index contributed by atoms with van der Waals surface area (Å²) < 4.78 is 1.01. The Morgan fingerprint density at radius 2 is 2.62 bits per heavy atom. The van der Waals surface area contributed by atoms with Crippen molar-refractivity contribution in [2.24, 2.45) is 4.99 Å². The van der Waals surface area contributed by atoms with Crippen molar-refractivity contribution in [1.29, 1.82) is 0 Å². The first-order valence-corrected chi connectivity index (χ1v) is 3.05. The molecule has 0 aromatic heterocycles. The average Bonchev–Trinajstić information content (AvgIpc) is 1.68. The normalized spacial score (nSPS) is 11.5. The van der Waals surface area contributed by atoms with Gasteiger partial charge in [-0.05, 0) is 13.8 Å². The first-order valence-electron chi connectivity index (χ1n) is 2.26. The fourth-order valence-electron chi connectivity index (χ4n) is 0.314. The maximum absolute atomic E-state index is 3.56. The van der Waals surface area contributed by atoms with Gasteiger partial charge >= 0.3 is 0 Å². The molecule has 0 saturated heterocycles. The minimum absolute atomic E-state index is 0.805. The molecule has 0 spiro atoms. The third-order valence-corrected chi connectivity index (χ3v) is 1.06. The molecule has 0 bridgehead atoms. The second kappa shape index (κ2) is 5.00.